The number of anilines is 1. The number of thioether (sulfide) groups is 1. The summed E-state index contributed by atoms with van der Waals surface area (Å²) in [7, 11) is 0. The molecule has 0 saturated carbocycles. The van der Waals surface area contributed by atoms with Gasteiger partial charge in [-0.3, -0.25) is 14.0 Å². The predicted molar refractivity (Wildman–Crippen MR) is 128 cm³/mol. The van der Waals surface area contributed by atoms with Gasteiger partial charge in [0.2, 0.25) is 5.91 Å². The van der Waals surface area contributed by atoms with Gasteiger partial charge in [-0.1, -0.05) is 54.2 Å². The van der Waals surface area contributed by atoms with Gasteiger partial charge in [0.05, 0.1) is 23.0 Å². The van der Waals surface area contributed by atoms with Crippen molar-refractivity contribution in [3.05, 3.63) is 83.2 Å². The smallest absolute Gasteiger partial charge is 0.256 e. The lowest BCUT2D eigenvalue weighted by Crippen LogP contribution is -2.28. The van der Waals surface area contributed by atoms with Crippen molar-refractivity contribution in [3.8, 4) is 0 Å². The topological polar surface area (TPSA) is 101 Å². The molecule has 4 aromatic rings. The quantitative estimate of drug-likeness (QED) is 0.405. The summed E-state index contributed by atoms with van der Waals surface area (Å²) in [4.78, 5) is 29.9. The average molecular weight is 461 g/mol. The molecular formula is C24H24N6O2S. The number of benzene rings is 2. The summed E-state index contributed by atoms with van der Waals surface area (Å²) in [5.74, 6) is 0.121. The van der Waals surface area contributed by atoms with E-state index in [2.05, 4.69) is 25.8 Å². The Hall–Kier alpha value is -3.72. The Bertz CT molecular complexity index is 1310. The van der Waals surface area contributed by atoms with Gasteiger partial charge in [0.1, 0.15) is 0 Å². The average Bonchev–Trinajstić information content (AvgIpc) is 3.21. The minimum Gasteiger partial charge on any atom is -0.345 e. The van der Waals surface area contributed by atoms with E-state index in [4.69, 9.17) is 0 Å². The Morgan fingerprint density at radius 1 is 1.03 bits per heavy atom. The molecule has 0 aliphatic rings. The second-order valence-electron chi connectivity index (χ2n) is 7.65. The van der Waals surface area contributed by atoms with E-state index in [0.29, 0.717) is 22.2 Å². The monoisotopic (exact) mass is 460 g/mol. The maximum absolute atomic E-state index is 12.9. The van der Waals surface area contributed by atoms with E-state index in [1.54, 1.807) is 24.3 Å². The number of carbonyl (C=O) groups excluding carboxylic acids is 2. The molecule has 2 aromatic heterocycles. The lowest BCUT2D eigenvalue weighted by molar-refractivity contribution is -0.113. The van der Waals surface area contributed by atoms with Crippen LogP contribution in [0.15, 0.2) is 65.8 Å². The molecule has 1 atom stereocenters. The van der Waals surface area contributed by atoms with E-state index in [1.807, 2.05) is 61.6 Å². The summed E-state index contributed by atoms with van der Waals surface area (Å²) >= 11 is 1.26. The van der Waals surface area contributed by atoms with Crippen molar-refractivity contribution in [2.24, 2.45) is 0 Å². The summed E-state index contributed by atoms with van der Waals surface area (Å²) in [6.07, 6.45) is 0. The van der Waals surface area contributed by atoms with Crippen LogP contribution in [-0.2, 0) is 4.79 Å². The highest BCUT2D eigenvalue weighted by atomic mass is 32.2. The van der Waals surface area contributed by atoms with E-state index < -0.39 is 0 Å². The van der Waals surface area contributed by atoms with Crippen LogP contribution in [0.4, 0.5) is 5.69 Å². The SMILES string of the molecule is Cc1cc(C)n2c(SCC(=O)Nc3ccccc3C(=O)N[C@@H](C)c3ccccc3)nnc2n1. The number of hydrogen-bond acceptors (Lipinski definition) is 6. The van der Waals surface area contributed by atoms with Crippen molar-refractivity contribution in [1.29, 1.82) is 0 Å². The third kappa shape index (κ3) is 5.20. The van der Waals surface area contributed by atoms with Crippen molar-refractivity contribution in [2.45, 2.75) is 32.0 Å². The number of nitrogens with one attached hydrogen (secondary N) is 2. The summed E-state index contributed by atoms with van der Waals surface area (Å²) in [6.45, 7) is 5.77. The molecule has 0 spiro atoms. The first-order valence-corrected chi connectivity index (χ1v) is 11.5. The molecule has 0 unspecified atom stereocenters. The van der Waals surface area contributed by atoms with E-state index in [-0.39, 0.29) is 23.6 Å². The van der Waals surface area contributed by atoms with E-state index >= 15 is 0 Å². The third-order valence-electron chi connectivity index (χ3n) is 5.09. The number of nitrogens with zero attached hydrogens (tertiary/aromatic N) is 4. The standard InChI is InChI=1S/C24H24N6O2S/c1-15-13-16(2)30-23(25-15)28-29-24(30)33-14-21(31)27-20-12-8-7-11-19(20)22(32)26-17(3)18-9-5-4-6-10-18/h4-13,17H,14H2,1-3H3,(H,26,32)(H,27,31)/t17-/m0/s1. The van der Waals surface area contributed by atoms with Gasteiger partial charge in [0.25, 0.3) is 11.7 Å². The first-order chi connectivity index (χ1) is 15.9. The lowest BCUT2D eigenvalue weighted by Gasteiger charge is -2.16. The first kappa shape index (κ1) is 22.5. The molecule has 0 bridgehead atoms. The van der Waals surface area contributed by atoms with E-state index in [0.717, 1.165) is 17.0 Å². The van der Waals surface area contributed by atoms with Crippen LogP contribution in [0.3, 0.4) is 0 Å². The van der Waals surface area contributed by atoms with Gasteiger partial charge in [-0.25, -0.2) is 4.98 Å². The van der Waals surface area contributed by atoms with Gasteiger partial charge >= 0.3 is 0 Å². The maximum atomic E-state index is 12.9. The molecule has 2 heterocycles. The van der Waals surface area contributed by atoms with Crippen molar-refractivity contribution in [2.75, 3.05) is 11.1 Å². The van der Waals surface area contributed by atoms with Crippen LogP contribution in [0.5, 0.6) is 0 Å². The van der Waals surface area contributed by atoms with Gasteiger partial charge in [-0.2, -0.15) is 0 Å². The van der Waals surface area contributed by atoms with Crippen LogP contribution >= 0.6 is 11.8 Å². The fourth-order valence-electron chi connectivity index (χ4n) is 3.50. The lowest BCUT2D eigenvalue weighted by atomic mass is 10.1. The number of hydrogen-bond donors (Lipinski definition) is 2. The fourth-order valence-corrected chi connectivity index (χ4v) is 4.29. The van der Waals surface area contributed by atoms with E-state index in [1.165, 1.54) is 11.8 Å². The van der Waals surface area contributed by atoms with Gasteiger partial charge in [-0.15, -0.1) is 10.2 Å². The van der Waals surface area contributed by atoms with Crippen LogP contribution in [0.2, 0.25) is 0 Å². The molecule has 2 amide bonds. The summed E-state index contributed by atoms with van der Waals surface area (Å²) in [5.41, 5.74) is 3.67. The van der Waals surface area contributed by atoms with Crippen LogP contribution in [0, 0.1) is 13.8 Å². The number of aromatic nitrogens is 4. The van der Waals surface area contributed by atoms with Crippen molar-refractivity contribution < 1.29 is 9.59 Å². The van der Waals surface area contributed by atoms with Crippen molar-refractivity contribution in [1.82, 2.24) is 24.9 Å². The second kappa shape index (κ2) is 9.83. The maximum Gasteiger partial charge on any atom is 0.256 e. The molecule has 0 aliphatic carbocycles. The fraction of sp³-hybridized carbons (Fsp3) is 0.208. The summed E-state index contributed by atoms with van der Waals surface area (Å²) in [6, 6.07) is 18.4. The zero-order chi connectivity index (χ0) is 23.4. The zero-order valence-corrected chi connectivity index (χ0v) is 19.4. The molecule has 2 aromatic carbocycles. The van der Waals surface area contributed by atoms with Crippen LogP contribution in [0.25, 0.3) is 5.78 Å². The second-order valence-corrected chi connectivity index (χ2v) is 8.59. The minimum absolute atomic E-state index is 0.116. The first-order valence-electron chi connectivity index (χ1n) is 10.5. The Labute approximate surface area is 195 Å². The van der Waals surface area contributed by atoms with Crippen molar-refractivity contribution in [3.63, 3.8) is 0 Å². The molecule has 8 nitrogen and oxygen atoms in total. The third-order valence-corrected chi connectivity index (χ3v) is 6.02. The highest BCUT2D eigenvalue weighted by Crippen LogP contribution is 2.21. The molecule has 0 saturated heterocycles. The molecule has 0 fully saturated rings. The molecule has 0 aliphatic heterocycles. The number of carbonyl (C=O) groups is 2. The summed E-state index contributed by atoms with van der Waals surface area (Å²) < 4.78 is 1.82. The largest absolute Gasteiger partial charge is 0.345 e. The number of amides is 2. The number of rotatable bonds is 7. The molecule has 33 heavy (non-hydrogen) atoms. The van der Waals surface area contributed by atoms with Gasteiger partial charge < -0.3 is 10.6 Å². The predicted octanol–water partition coefficient (Wildman–Crippen LogP) is 3.96. The number of fused-ring (bicyclic) bond motifs is 1. The summed E-state index contributed by atoms with van der Waals surface area (Å²) in [5, 5.41) is 14.7. The molecule has 2 N–H and O–H groups in total. The molecule has 9 heteroatoms. The van der Waals surface area contributed by atoms with Crippen molar-refractivity contribution >= 4 is 35.0 Å². The van der Waals surface area contributed by atoms with Crippen LogP contribution in [0.1, 0.15) is 40.3 Å². The highest BCUT2D eigenvalue weighted by molar-refractivity contribution is 7.99. The Morgan fingerprint density at radius 2 is 1.76 bits per heavy atom. The number of para-hydroxylation sites is 1. The Kier molecular flexibility index (Phi) is 6.69. The minimum atomic E-state index is -0.254. The van der Waals surface area contributed by atoms with Gasteiger partial charge in [-0.05, 0) is 44.5 Å². The normalized spacial score (nSPS) is 11.8. The molecule has 168 valence electrons. The Balaban J connectivity index is 1.42. The molecule has 0 radical (unpaired) electrons. The van der Waals surface area contributed by atoms with Gasteiger partial charge in [0.15, 0.2) is 5.16 Å². The number of aryl methyl sites for hydroxylation is 2. The highest BCUT2D eigenvalue weighted by Gasteiger charge is 2.17. The van der Waals surface area contributed by atoms with E-state index in [9.17, 15) is 9.59 Å². The Morgan fingerprint density at radius 3 is 2.55 bits per heavy atom. The zero-order valence-electron chi connectivity index (χ0n) is 18.6. The van der Waals surface area contributed by atoms with Gasteiger partial charge in [0, 0.05) is 11.4 Å². The van der Waals surface area contributed by atoms with Crippen LogP contribution in [-0.4, -0.2) is 37.1 Å². The molecule has 4 rings (SSSR count). The molecular weight excluding hydrogens is 436 g/mol. The van der Waals surface area contributed by atoms with Crippen LogP contribution < -0.4 is 10.6 Å².